The summed E-state index contributed by atoms with van der Waals surface area (Å²) in [5, 5.41) is 0. The summed E-state index contributed by atoms with van der Waals surface area (Å²) < 4.78 is 5.58. The molecule has 0 aliphatic carbocycles. The Balaban J connectivity index is 2.39. The molecular formula is C17H22N2O. The molecule has 2 rings (SSSR count). The average Bonchev–Trinajstić information content (AvgIpc) is 2.43. The number of nitrogens with two attached hydrogens (primary N) is 1. The number of rotatable bonds is 5. The lowest BCUT2D eigenvalue weighted by molar-refractivity contribution is 0.342. The molecule has 0 heterocycles. The Bertz CT molecular complexity index is 581. The molecular weight excluding hydrogens is 248 g/mol. The fraction of sp³-hybridized carbons (Fsp3) is 0.294. The van der Waals surface area contributed by atoms with Crippen molar-refractivity contribution in [1.82, 2.24) is 0 Å². The number of hydrogen-bond acceptors (Lipinski definition) is 3. The van der Waals surface area contributed by atoms with Crippen LogP contribution in [0.15, 0.2) is 42.5 Å². The Hall–Kier alpha value is -2.16. The van der Waals surface area contributed by atoms with E-state index < -0.39 is 0 Å². The third-order valence-electron chi connectivity index (χ3n) is 3.24. The Morgan fingerprint density at radius 1 is 1.05 bits per heavy atom. The molecule has 0 aliphatic heterocycles. The second-order valence-corrected chi connectivity index (χ2v) is 4.74. The smallest absolute Gasteiger partial charge is 0.144 e. The van der Waals surface area contributed by atoms with Crippen LogP contribution in [-0.2, 0) is 0 Å². The van der Waals surface area contributed by atoms with Crippen LogP contribution in [-0.4, -0.2) is 13.2 Å². The van der Waals surface area contributed by atoms with Gasteiger partial charge >= 0.3 is 0 Å². The van der Waals surface area contributed by atoms with Crippen molar-refractivity contribution < 1.29 is 4.74 Å². The Morgan fingerprint density at radius 2 is 1.80 bits per heavy atom. The van der Waals surface area contributed by atoms with Gasteiger partial charge in [-0.05, 0) is 50.6 Å². The molecule has 0 amide bonds. The summed E-state index contributed by atoms with van der Waals surface area (Å²) in [6.07, 6.45) is 0. The molecule has 2 N–H and O–H groups in total. The summed E-state index contributed by atoms with van der Waals surface area (Å²) >= 11 is 0. The Kier molecular flexibility index (Phi) is 4.51. The maximum absolute atomic E-state index is 5.94. The summed E-state index contributed by atoms with van der Waals surface area (Å²) in [7, 11) is 0. The zero-order chi connectivity index (χ0) is 14.5. The normalized spacial score (nSPS) is 10.3. The first-order valence-electron chi connectivity index (χ1n) is 7.02. The van der Waals surface area contributed by atoms with Gasteiger partial charge in [0.15, 0.2) is 0 Å². The SMILES string of the molecule is CCOc1cc(N(CC)c2cccc(C)c2)ccc1N. The maximum atomic E-state index is 5.94. The molecule has 3 heteroatoms. The van der Waals surface area contributed by atoms with Crippen molar-refractivity contribution in [3.63, 3.8) is 0 Å². The zero-order valence-electron chi connectivity index (χ0n) is 12.4. The van der Waals surface area contributed by atoms with Gasteiger partial charge in [0.1, 0.15) is 5.75 Å². The van der Waals surface area contributed by atoms with Crippen molar-refractivity contribution in [2.24, 2.45) is 0 Å². The van der Waals surface area contributed by atoms with E-state index in [9.17, 15) is 0 Å². The quantitative estimate of drug-likeness (QED) is 0.830. The molecule has 2 aromatic carbocycles. The van der Waals surface area contributed by atoms with Crippen LogP contribution in [0.2, 0.25) is 0 Å². The molecule has 0 saturated carbocycles. The number of hydrogen-bond donors (Lipinski definition) is 1. The lowest BCUT2D eigenvalue weighted by Gasteiger charge is -2.24. The molecule has 0 spiro atoms. The summed E-state index contributed by atoms with van der Waals surface area (Å²) in [6, 6.07) is 14.4. The molecule has 0 unspecified atom stereocenters. The minimum atomic E-state index is 0.615. The van der Waals surface area contributed by atoms with E-state index in [1.54, 1.807) is 0 Å². The molecule has 0 fully saturated rings. The van der Waals surface area contributed by atoms with Crippen molar-refractivity contribution >= 4 is 17.1 Å². The predicted molar refractivity (Wildman–Crippen MR) is 85.9 cm³/mol. The van der Waals surface area contributed by atoms with Crippen LogP contribution in [0.5, 0.6) is 5.75 Å². The van der Waals surface area contributed by atoms with Gasteiger partial charge < -0.3 is 15.4 Å². The van der Waals surface area contributed by atoms with Crippen molar-refractivity contribution in [2.45, 2.75) is 20.8 Å². The maximum Gasteiger partial charge on any atom is 0.144 e. The van der Waals surface area contributed by atoms with E-state index in [1.165, 1.54) is 11.3 Å². The monoisotopic (exact) mass is 270 g/mol. The summed E-state index contributed by atoms with van der Waals surface area (Å²) in [5.74, 6) is 0.746. The van der Waals surface area contributed by atoms with Crippen LogP contribution in [0.3, 0.4) is 0 Å². The van der Waals surface area contributed by atoms with E-state index in [4.69, 9.17) is 10.5 Å². The predicted octanol–water partition coefficient (Wildman–Crippen LogP) is 4.13. The minimum Gasteiger partial charge on any atom is -0.492 e. The number of benzene rings is 2. The van der Waals surface area contributed by atoms with Crippen molar-refractivity contribution in [3.8, 4) is 5.75 Å². The van der Waals surface area contributed by atoms with Gasteiger partial charge in [0.25, 0.3) is 0 Å². The Morgan fingerprint density at radius 3 is 2.45 bits per heavy atom. The number of aryl methyl sites for hydroxylation is 1. The molecule has 0 bridgehead atoms. The van der Waals surface area contributed by atoms with E-state index in [0.717, 1.165) is 18.0 Å². The highest BCUT2D eigenvalue weighted by Crippen LogP contribution is 2.32. The van der Waals surface area contributed by atoms with Gasteiger partial charge in [-0.3, -0.25) is 0 Å². The third-order valence-corrected chi connectivity index (χ3v) is 3.24. The number of ether oxygens (including phenoxy) is 1. The number of nitrogens with zero attached hydrogens (tertiary/aromatic N) is 1. The molecule has 106 valence electrons. The second kappa shape index (κ2) is 6.33. The van der Waals surface area contributed by atoms with Gasteiger partial charge in [-0.15, -0.1) is 0 Å². The van der Waals surface area contributed by atoms with Crippen molar-refractivity contribution in [3.05, 3.63) is 48.0 Å². The topological polar surface area (TPSA) is 38.5 Å². The Labute approximate surface area is 121 Å². The van der Waals surface area contributed by atoms with Crippen LogP contribution in [0.1, 0.15) is 19.4 Å². The fourth-order valence-electron chi connectivity index (χ4n) is 2.28. The highest BCUT2D eigenvalue weighted by Gasteiger charge is 2.10. The van der Waals surface area contributed by atoms with Gasteiger partial charge in [-0.25, -0.2) is 0 Å². The van der Waals surface area contributed by atoms with Gasteiger partial charge in [-0.2, -0.15) is 0 Å². The fourth-order valence-corrected chi connectivity index (χ4v) is 2.28. The highest BCUT2D eigenvalue weighted by molar-refractivity contribution is 5.69. The number of anilines is 3. The summed E-state index contributed by atoms with van der Waals surface area (Å²) in [5.41, 5.74) is 10.1. The molecule has 0 atom stereocenters. The second-order valence-electron chi connectivity index (χ2n) is 4.74. The molecule has 0 aromatic heterocycles. The van der Waals surface area contributed by atoms with E-state index >= 15 is 0 Å². The molecule has 3 nitrogen and oxygen atoms in total. The first-order chi connectivity index (χ1) is 9.65. The highest BCUT2D eigenvalue weighted by atomic mass is 16.5. The van der Waals surface area contributed by atoms with E-state index in [1.807, 2.05) is 25.1 Å². The number of nitrogen functional groups attached to an aromatic ring is 1. The van der Waals surface area contributed by atoms with Crippen LogP contribution in [0.25, 0.3) is 0 Å². The van der Waals surface area contributed by atoms with Crippen LogP contribution >= 0.6 is 0 Å². The summed E-state index contributed by atoms with van der Waals surface area (Å²) in [6.45, 7) is 7.71. The van der Waals surface area contributed by atoms with Crippen molar-refractivity contribution in [1.29, 1.82) is 0 Å². The molecule has 20 heavy (non-hydrogen) atoms. The minimum absolute atomic E-state index is 0.615. The zero-order valence-corrected chi connectivity index (χ0v) is 12.4. The van der Waals surface area contributed by atoms with E-state index in [2.05, 4.69) is 43.0 Å². The van der Waals surface area contributed by atoms with E-state index in [-0.39, 0.29) is 0 Å². The molecule has 0 aliphatic rings. The van der Waals surface area contributed by atoms with Crippen LogP contribution < -0.4 is 15.4 Å². The lowest BCUT2D eigenvalue weighted by atomic mass is 10.1. The standard InChI is InChI=1S/C17H22N2O/c1-4-19(14-8-6-7-13(3)11-14)15-9-10-16(18)17(12-15)20-5-2/h6-12H,4-5,18H2,1-3H3. The van der Waals surface area contributed by atoms with Gasteiger partial charge in [0, 0.05) is 24.0 Å². The molecule has 0 radical (unpaired) electrons. The van der Waals surface area contributed by atoms with Gasteiger partial charge in [0.2, 0.25) is 0 Å². The summed E-state index contributed by atoms with van der Waals surface area (Å²) in [4.78, 5) is 2.24. The van der Waals surface area contributed by atoms with Crippen molar-refractivity contribution in [2.75, 3.05) is 23.8 Å². The molecule has 0 saturated heterocycles. The van der Waals surface area contributed by atoms with Gasteiger partial charge in [0.05, 0.1) is 12.3 Å². The largest absolute Gasteiger partial charge is 0.492 e. The molecule has 2 aromatic rings. The average molecular weight is 270 g/mol. The van der Waals surface area contributed by atoms with E-state index in [0.29, 0.717) is 12.3 Å². The first kappa shape index (κ1) is 14.3. The van der Waals surface area contributed by atoms with Gasteiger partial charge in [-0.1, -0.05) is 12.1 Å². The van der Waals surface area contributed by atoms with Crippen LogP contribution in [0, 0.1) is 6.92 Å². The third kappa shape index (κ3) is 3.05. The lowest BCUT2D eigenvalue weighted by Crippen LogP contribution is -2.16. The first-order valence-corrected chi connectivity index (χ1v) is 7.02. The van der Waals surface area contributed by atoms with Crippen LogP contribution in [0.4, 0.5) is 17.1 Å².